The molecule has 5 nitrogen and oxygen atoms in total. The van der Waals surface area contributed by atoms with Gasteiger partial charge in [0.15, 0.2) is 0 Å². The Bertz CT molecular complexity index is 1030. The van der Waals surface area contributed by atoms with E-state index in [2.05, 4.69) is 36.1 Å². The molecule has 0 N–H and O–H groups in total. The molecule has 0 saturated carbocycles. The fraction of sp³-hybridized carbons (Fsp3) is 0.346. The average Bonchev–Trinajstić information content (AvgIpc) is 3.12. The lowest BCUT2D eigenvalue weighted by atomic mass is 10.1. The van der Waals surface area contributed by atoms with Crippen molar-refractivity contribution in [2.75, 3.05) is 37.6 Å². The van der Waals surface area contributed by atoms with Gasteiger partial charge in [-0.05, 0) is 42.2 Å². The van der Waals surface area contributed by atoms with Crippen LogP contribution in [0, 0.1) is 0 Å². The first-order valence-corrected chi connectivity index (χ1v) is 12.7. The number of thiocarbonyl (C=S) groups is 1. The van der Waals surface area contributed by atoms with Crippen LogP contribution in [0.15, 0.2) is 59.5 Å². The van der Waals surface area contributed by atoms with Crippen LogP contribution in [0.2, 0.25) is 0 Å². The minimum Gasteiger partial charge on any atom is -0.368 e. The van der Waals surface area contributed by atoms with E-state index in [1.54, 1.807) is 4.90 Å². The summed E-state index contributed by atoms with van der Waals surface area (Å²) in [5.74, 6) is 0.0909. The molecule has 33 heavy (non-hydrogen) atoms. The van der Waals surface area contributed by atoms with E-state index in [9.17, 15) is 9.59 Å². The summed E-state index contributed by atoms with van der Waals surface area (Å²) < 4.78 is 0.570. The van der Waals surface area contributed by atoms with Crippen molar-refractivity contribution in [1.82, 2.24) is 9.80 Å². The molecular weight excluding hydrogens is 450 g/mol. The largest absolute Gasteiger partial charge is 0.368 e. The number of aryl methyl sites for hydroxylation is 1. The molecule has 0 aromatic heterocycles. The van der Waals surface area contributed by atoms with Gasteiger partial charge in [0.25, 0.3) is 5.91 Å². The number of carbonyl (C=O) groups excluding carboxylic acids is 2. The number of benzene rings is 2. The molecule has 0 bridgehead atoms. The molecule has 0 atom stereocenters. The lowest BCUT2D eigenvalue weighted by Crippen LogP contribution is -2.48. The zero-order chi connectivity index (χ0) is 23.2. The standard InChI is InChI=1S/C26H29N3O2S2/c1-2-20-10-12-21(13-11-20)19-23-25(31)29(26(32)33-23)14-6-9-24(30)28-17-15-27(16-18-28)22-7-4-3-5-8-22/h3-5,7-8,10-13,19H,2,6,9,14-18H2,1H3/b23-19-. The van der Waals surface area contributed by atoms with Crippen molar-refractivity contribution in [2.45, 2.75) is 26.2 Å². The first-order valence-electron chi connectivity index (χ1n) is 11.5. The SMILES string of the molecule is CCc1ccc(/C=C2\SC(=S)N(CCCC(=O)N3CCN(c4ccccc4)CC3)C2=O)cc1. The maximum Gasteiger partial charge on any atom is 0.266 e. The molecule has 2 aliphatic rings. The fourth-order valence-electron chi connectivity index (χ4n) is 4.09. The van der Waals surface area contributed by atoms with Crippen LogP contribution < -0.4 is 4.90 Å². The number of hydrogen-bond acceptors (Lipinski definition) is 5. The number of amides is 2. The number of thioether (sulfide) groups is 1. The average molecular weight is 480 g/mol. The third-order valence-electron chi connectivity index (χ3n) is 6.09. The van der Waals surface area contributed by atoms with Gasteiger partial charge in [-0.2, -0.15) is 0 Å². The van der Waals surface area contributed by atoms with Gasteiger partial charge in [0.05, 0.1) is 4.91 Å². The van der Waals surface area contributed by atoms with E-state index in [1.807, 2.05) is 41.3 Å². The van der Waals surface area contributed by atoms with Crippen molar-refractivity contribution in [3.8, 4) is 0 Å². The summed E-state index contributed by atoms with van der Waals surface area (Å²) in [4.78, 5) is 32.1. The summed E-state index contributed by atoms with van der Waals surface area (Å²) in [5, 5.41) is 0. The highest BCUT2D eigenvalue weighted by molar-refractivity contribution is 8.26. The van der Waals surface area contributed by atoms with Gasteiger partial charge < -0.3 is 9.80 Å². The van der Waals surface area contributed by atoms with Crippen LogP contribution in [0.4, 0.5) is 5.69 Å². The Morgan fingerprint density at radius 3 is 2.39 bits per heavy atom. The highest BCUT2D eigenvalue weighted by Gasteiger charge is 2.32. The molecule has 0 spiro atoms. The molecule has 2 amide bonds. The van der Waals surface area contributed by atoms with E-state index in [0.29, 0.717) is 28.6 Å². The number of hydrogen-bond donors (Lipinski definition) is 0. The second kappa shape index (κ2) is 11.0. The Balaban J connectivity index is 1.24. The zero-order valence-electron chi connectivity index (χ0n) is 18.9. The maximum absolute atomic E-state index is 12.8. The third kappa shape index (κ3) is 5.84. The van der Waals surface area contributed by atoms with Crippen LogP contribution >= 0.6 is 24.0 Å². The van der Waals surface area contributed by atoms with Crippen LogP contribution in [0.25, 0.3) is 6.08 Å². The molecule has 0 aliphatic carbocycles. The minimum atomic E-state index is -0.0616. The highest BCUT2D eigenvalue weighted by atomic mass is 32.2. The van der Waals surface area contributed by atoms with Crippen molar-refractivity contribution in [1.29, 1.82) is 0 Å². The van der Waals surface area contributed by atoms with Crippen LogP contribution in [-0.4, -0.2) is 58.7 Å². The van der Waals surface area contributed by atoms with Crippen LogP contribution in [0.5, 0.6) is 0 Å². The fourth-order valence-corrected chi connectivity index (χ4v) is 5.40. The van der Waals surface area contributed by atoms with E-state index in [4.69, 9.17) is 12.2 Å². The Kier molecular flexibility index (Phi) is 7.83. The summed E-state index contributed by atoms with van der Waals surface area (Å²) in [6, 6.07) is 18.5. The van der Waals surface area contributed by atoms with Gasteiger partial charge in [0, 0.05) is 44.8 Å². The first-order chi connectivity index (χ1) is 16.0. The Hall–Kier alpha value is -2.64. The van der Waals surface area contributed by atoms with Gasteiger partial charge in [-0.3, -0.25) is 14.5 Å². The monoisotopic (exact) mass is 479 g/mol. The minimum absolute atomic E-state index is 0.0616. The Morgan fingerprint density at radius 2 is 1.73 bits per heavy atom. The number of nitrogens with zero attached hydrogens (tertiary/aromatic N) is 3. The molecule has 2 saturated heterocycles. The summed E-state index contributed by atoms with van der Waals surface area (Å²) in [6.07, 6.45) is 3.93. The zero-order valence-corrected chi connectivity index (χ0v) is 20.5. The predicted octanol–water partition coefficient (Wildman–Crippen LogP) is 4.58. The van der Waals surface area contributed by atoms with Gasteiger partial charge in [-0.15, -0.1) is 0 Å². The van der Waals surface area contributed by atoms with Gasteiger partial charge in [-0.1, -0.05) is 73.4 Å². The van der Waals surface area contributed by atoms with Crippen LogP contribution in [0.3, 0.4) is 0 Å². The smallest absolute Gasteiger partial charge is 0.266 e. The molecule has 2 heterocycles. The molecule has 2 aromatic rings. The van der Waals surface area contributed by atoms with E-state index < -0.39 is 0 Å². The van der Waals surface area contributed by atoms with Crippen molar-refractivity contribution in [3.05, 3.63) is 70.6 Å². The first kappa shape index (κ1) is 23.5. The molecule has 2 fully saturated rings. The van der Waals surface area contributed by atoms with Gasteiger partial charge in [0.1, 0.15) is 4.32 Å². The molecule has 2 aliphatic heterocycles. The highest BCUT2D eigenvalue weighted by Crippen LogP contribution is 2.32. The predicted molar refractivity (Wildman–Crippen MR) is 140 cm³/mol. The van der Waals surface area contributed by atoms with Crippen molar-refractivity contribution >= 4 is 51.9 Å². The lowest BCUT2D eigenvalue weighted by molar-refractivity contribution is -0.132. The summed E-state index contributed by atoms with van der Waals surface area (Å²) in [5.41, 5.74) is 3.47. The Labute approximate surface area is 205 Å². The third-order valence-corrected chi connectivity index (χ3v) is 7.46. The molecule has 7 heteroatoms. The van der Waals surface area contributed by atoms with Gasteiger partial charge in [0.2, 0.25) is 5.91 Å². The van der Waals surface area contributed by atoms with E-state index in [0.717, 1.165) is 38.2 Å². The maximum atomic E-state index is 12.8. The molecule has 4 rings (SSSR count). The van der Waals surface area contributed by atoms with Crippen molar-refractivity contribution < 1.29 is 9.59 Å². The van der Waals surface area contributed by atoms with Crippen LogP contribution in [-0.2, 0) is 16.0 Å². The van der Waals surface area contributed by atoms with Crippen molar-refractivity contribution in [3.63, 3.8) is 0 Å². The molecule has 172 valence electrons. The Morgan fingerprint density at radius 1 is 1.03 bits per heavy atom. The van der Waals surface area contributed by atoms with E-state index in [-0.39, 0.29) is 11.8 Å². The normalized spacial score (nSPS) is 17.8. The number of anilines is 1. The van der Waals surface area contributed by atoms with E-state index in [1.165, 1.54) is 23.0 Å². The number of carbonyl (C=O) groups is 2. The quantitative estimate of drug-likeness (QED) is 0.430. The second-order valence-electron chi connectivity index (χ2n) is 8.24. The van der Waals surface area contributed by atoms with Crippen molar-refractivity contribution in [2.24, 2.45) is 0 Å². The molecule has 0 radical (unpaired) electrons. The van der Waals surface area contributed by atoms with Crippen LogP contribution in [0.1, 0.15) is 30.9 Å². The summed E-state index contributed by atoms with van der Waals surface area (Å²) >= 11 is 6.78. The number of para-hydroxylation sites is 1. The molecule has 0 unspecified atom stereocenters. The van der Waals surface area contributed by atoms with Gasteiger partial charge in [-0.25, -0.2) is 0 Å². The topological polar surface area (TPSA) is 43.9 Å². The van der Waals surface area contributed by atoms with E-state index >= 15 is 0 Å². The number of rotatable bonds is 7. The molecule has 2 aromatic carbocycles. The summed E-state index contributed by atoms with van der Waals surface area (Å²) in [7, 11) is 0. The number of piperazine rings is 1. The lowest BCUT2D eigenvalue weighted by Gasteiger charge is -2.36. The summed E-state index contributed by atoms with van der Waals surface area (Å²) in [6.45, 7) is 5.74. The van der Waals surface area contributed by atoms with Gasteiger partial charge >= 0.3 is 0 Å². The second-order valence-corrected chi connectivity index (χ2v) is 9.91. The molecular formula is C26H29N3O2S2.